The zero-order valence-corrected chi connectivity index (χ0v) is 18.3. The highest BCUT2D eigenvalue weighted by atomic mass is 79.9. The van der Waals surface area contributed by atoms with E-state index < -0.39 is 6.23 Å². The van der Waals surface area contributed by atoms with Gasteiger partial charge in [-0.25, -0.2) is 9.40 Å². The summed E-state index contributed by atoms with van der Waals surface area (Å²) >= 11 is 9.55. The lowest BCUT2D eigenvalue weighted by Gasteiger charge is -2.38. The summed E-state index contributed by atoms with van der Waals surface area (Å²) in [7, 11) is 1.64. The van der Waals surface area contributed by atoms with E-state index in [-0.39, 0.29) is 11.9 Å². The summed E-state index contributed by atoms with van der Waals surface area (Å²) in [5, 5.41) is 7.50. The summed E-state index contributed by atoms with van der Waals surface area (Å²) in [4.78, 5) is 0. The minimum absolute atomic E-state index is 0.0293. The van der Waals surface area contributed by atoms with Crippen LogP contribution in [0.5, 0.6) is 11.5 Å². The van der Waals surface area contributed by atoms with Crippen molar-refractivity contribution in [1.82, 2.24) is 5.01 Å². The normalized spacial score (nSPS) is 19.6. The standard InChI is InChI=1S/C23H17BrClFN2O2/c1-29-16-6-2-13(3-7-16)20-12-21-17-11-15(25)5-9-22(17)30-23(28(21)27-20)14-4-8-19(26)18(24)10-14/h2-11,21,23H,12H2,1H3/t21-,23+/m1/s1. The quantitative estimate of drug-likeness (QED) is 0.423. The third-order valence-corrected chi connectivity index (χ3v) is 6.25. The number of ether oxygens (including phenoxy) is 2. The van der Waals surface area contributed by atoms with Gasteiger partial charge in [0.25, 0.3) is 0 Å². The number of hydrazone groups is 1. The lowest BCUT2D eigenvalue weighted by molar-refractivity contribution is -0.0191. The van der Waals surface area contributed by atoms with Crippen LogP contribution in [0, 0.1) is 5.82 Å². The summed E-state index contributed by atoms with van der Waals surface area (Å²) in [6.07, 6.45) is 0.235. The molecular formula is C23H17BrClFN2O2. The van der Waals surface area contributed by atoms with Gasteiger partial charge in [-0.1, -0.05) is 17.7 Å². The van der Waals surface area contributed by atoms with Crippen LogP contribution in [-0.4, -0.2) is 17.8 Å². The Hall–Kier alpha value is -2.57. The van der Waals surface area contributed by atoms with Crippen LogP contribution in [-0.2, 0) is 0 Å². The van der Waals surface area contributed by atoms with E-state index in [2.05, 4.69) is 15.9 Å². The molecule has 3 aromatic carbocycles. The maximum atomic E-state index is 13.8. The molecule has 152 valence electrons. The first kappa shape index (κ1) is 19.4. The molecule has 2 aliphatic rings. The largest absolute Gasteiger partial charge is 0.497 e. The second-order valence-electron chi connectivity index (χ2n) is 7.20. The molecule has 0 fully saturated rings. The van der Waals surface area contributed by atoms with Crippen molar-refractivity contribution in [3.8, 4) is 11.5 Å². The molecule has 0 bridgehead atoms. The van der Waals surface area contributed by atoms with Gasteiger partial charge in [-0.2, -0.15) is 5.10 Å². The Morgan fingerprint density at radius 2 is 1.93 bits per heavy atom. The Morgan fingerprint density at radius 1 is 1.13 bits per heavy atom. The topological polar surface area (TPSA) is 34.1 Å². The molecule has 0 saturated carbocycles. The Labute approximate surface area is 187 Å². The van der Waals surface area contributed by atoms with Gasteiger partial charge in [0.05, 0.1) is 23.3 Å². The van der Waals surface area contributed by atoms with Crippen molar-refractivity contribution in [2.45, 2.75) is 18.7 Å². The molecule has 2 aliphatic heterocycles. The number of nitrogens with zero attached hydrogens (tertiary/aromatic N) is 2. The first-order valence-corrected chi connectivity index (χ1v) is 10.6. The van der Waals surface area contributed by atoms with Crippen molar-refractivity contribution in [3.05, 3.63) is 92.7 Å². The van der Waals surface area contributed by atoms with Crippen LogP contribution in [0.15, 0.2) is 70.2 Å². The monoisotopic (exact) mass is 486 g/mol. The van der Waals surface area contributed by atoms with Crippen molar-refractivity contribution in [2.75, 3.05) is 7.11 Å². The van der Waals surface area contributed by atoms with E-state index in [4.69, 9.17) is 26.2 Å². The second-order valence-corrected chi connectivity index (χ2v) is 8.49. The summed E-state index contributed by atoms with van der Waals surface area (Å²) in [5.41, 5.74) is 3.78. The highest BCUT2D eigenvalue weighted by Crippen LogP contribution is 2.48. The fourth-order valence-electron chi connectivity index (χ4n) is 3.90. The maximum absolute atomic E-state index is 13.8. The number of fused-ring (bicyclic) bond motifs is 3. The molecule has 2 heterocycles. The van der Waals surface area contributed by atoms with Crippen LogP contribution >= 0.6 is 27.5 Å². The third-order valence-electron chi connectivity index (χ3n) is 5.40. The lowest BCUT2D eigenvalue weighted by Crippen LogP contribution is -2.33. The highest BCUT2D eigenvalue weighted by Gasteiger charge is 2.41. The molecule has 7 heteroatoms. The molecule has 0 aliphatic carbocycles. The van der Waals surface area contributed by atoms with Gasteiger partial charge in [0.15, 0.2) is 0 Å². The molecule has 2 atom stereocenters. The smallest absolute Gasteiger partial charge is 0.213 e. The number of halogens is 3. The van der Waals surface area contributed by atoms with Gasteiger partial charge in [-0.05, 0) is 76.1 Å². The summed E-state index contributed by atoms with van der Waals surface area (Å²) in [6, 6.07) is 18.3. The number of hydrogen-bond donors (Lipinski definition) is 0. The molecule has 0 N–H and O–H groups in total. The van der Waals surface area contributed by atoms with E-state index in [9.17, 15) is 4.39 Å². The van der Waals surface area contributed by atoms with Crippen LogP contribution < -0.4 is 9.47 Å². The molecule has 0 spiro atoms. The average molecular weight is 488 g/mol. The molecule has 0 aromatic heterocycles. The number of methoxy groups -OCH3 is 1. The van der Waals surface area contributed by atoms with E-state index in [1.165, 1.54) is 6.07 Å². The van der Waals surface area contributed by atoms with Crippen LogP contribution in [0.2, 0.25) is 5.02 Å². The van der Waals surface area contributed by atoms with Gasteiger partial charge < -0.3 is 9.47 Å². The first-order chi connectivity index (χ1) is 14.5. The Morgan fingerprint density at radius 3 is 2.67 bits per heavy atom. The molecular weight excluding hydrogens is 471 g/mol. The Bertz CT molecular complexity index is 1150. The lowest BCUT2D eigenvalue weighted by atomic mass is 9.96. The molecule has 0 amide bonds. The SMILES string of the molecule is COc1ccc(C2=NN3[C@H](C2)c2cc(Cl)ccc2O[C@H]3c2ccc(F)c(Br)c2)cc1. The molecule has 0 unspecified atom stereocenters. The number of rotatable bonds is 3. The molecule has 5 rings (SSSR count). The number of benzene rings is 3. The molecule has 30 heavy (non-hydrogen) atoms. The summed E-state index contributed by atoms with van der Waals surface area (Å²) in [6.45, 7) is 0. The maximum Gasteiger partial charge on any atom is 0.213 e. The molecule has 0 radical (unpaired) electrons. The zero-order valence-electron chi connectivity index (χ0n) is 16.0. The van der Waals surface area contributed by atoms with Crippen molar-refractivity contribution in [1.29, 1.82) is 0 Å². The van der Waals surface area contributed by atoms with Crippen molar-refractivity contribution < 1.29 is 13.9 Å². The second kappa shape index (κ2) is 7.60. The van der Waals surface area contributed by atoms with E-state index in [1.54, 1.807) is 19.2 Å². The minimum Gasteiger partial charge on any atom is -0.497 e. The Kier molecular flexibility index (Phi) is 4.91. The van der Waals surface area contributed by atoms with Crippen molar-refractivity contribution in [2.24, 2.45) is 5.10 Å². The van der Waals surface area contributed by atoms with Gasteiger partial charge in [0, 0.05) is 22.6 Å². The molecule has 3 aromatic rings. The van der Waals surface area contributed by atoms with E-state index in [0.717, 1.165) is 33.9 Å². The fourth-order valence-corrected chi connectivity index (χ4v) is 4.48. The highest BCUT2D eigenvalue weighted by molar-refractivity contribution is 9.10. The molecule has 4 nitrogen and oxygen atoms in total. The third kappa shape index (κ3) is 3.34. The van der Waals surface area contributed by atoms with Gasteiger partial charge in [-0.3, -0.25) is 0 Å². The summed E-state index contributed by atoms with van der Waals surface area (Å²) < 4.78 is 25.8. The zero-order chi connectivity index (χ0) is 20.8. The minimum atomic E-state index is -0.476. The summed E-state index contributed by atoms with van der Waals surface area (Å²) in [5.74, 6) is 1.24. The van der Waals surface area contributed by atoms with Crippen LogP contribution in [0.1, 0.15) is 35.4 Å². The predicted octanol–water partition coefficient (Wildman–Crippen LogP) is 6.49. The van der Waals surface area contributed by atoms with E-state index in [1.807, 2.05) is 47.5 Å². The van der Waals surface area contributed by atoms with Crippen LogP contribution in [0.4, 0.5) is 4.39 Å². The Balaban J connectivity index is 1.58. The van der Waals surface area contributed by atoms with Crippen molar-refractivity contribution in [3.63, 3.8) is 0 Å². The van der Waals surface area contributed by atoms with Crippen molar-refractivity contribution >= 4 is 33.2 Å². The van der Waals surface area contributed by atoms with Crippen LogP contribution in [0.25, 0.3) is 0 Å². The fraction of sp³-hybridized carbons (Fsp3) is 0.174. The van der Waals surface area contributed by atoms with E-state index >= 15 is 0 Å². The average Bonchev–Trinajstić information content (AvgIpc) is 3.21. The van der Waals surface area contributed by atoms with Gasteiger partial charge in [-0.15, -0.1) is 0 Å². The van der Waals surface area contributed by atoms with Crippen LogP contribution in [0.3, 0.4) is 0 Å². The van der Waals surface area contributed by atoms with E-state index in [0.29, 0.717) is 15.9 Å². The van der Waals surface area contributed by atoms with Gasteiger partial charge >= 0.3 is 0 Å². The van der Waals surface area contributed by atoms with Gasteiger partial charge in [0.1, 0.15) is 17.3 Å². The first-order valence-electron chi connectivity index (χ1n) is 9.45. The van der Waals surface area contributed by atoms with Gasteiger partial charge in [0.2, 0.25) is 6.23 Å². The number of hydrogen-bond acceptors (Lipinski definition) is 4. The predicted molar refractivity (Wildman–Crippen MR) is 118 cm³/mol. The molecule has 0 saturated heterocycles.